The zero-order valence-corrected chi connectivity index (χ0v) is 16.1. The van der Waals surface area contributed by atoms with Gasteiger partial charge in [0.2, 0.25) is 0 Å². The quantitative estimate of drug-likeness (QED) is 0.640. The molecule has 5 atom stereocenters. The summed E-state index contributed by atoms with van der Waals surface area (Å²) < 4.78 is 21.7. The monoisotopic (exact) mass is 364 g/mol. The molecule has 0 aromatic heterocycles. The fourth-order valence-electron chi connectivity index (χ4n) is 5.03. The van der Waals surface area contributed by atoms with Crippen molar-refractivity contribution in [2.24, 2.45) is 11.3 Å². The van der Waals surface area contributed by atoms with Crippen LogP contribution in [0.3, 0.4) is 0 Å². The molecule has 6 heteroatoms. The normalized spacial score (nSPS) is 32.7. The molecule has 1 fully saturated rings. The number of benzene rings is 1. The van der Waals surface area contributed by atoms with Gasteiger partial charge in [-0.05, 0) is 42.4 Å². The molecule has 0 aliphatic heterocycles. The first-order valence-corrected chi connectivity index (χ1v) is 8.93. The number of hydrogen-bond acceptors (Lipinski definition) is 6. The van der Waals surface area contributed by atoms with Crippen LogP contribution in [0.15, 0.2) is 12.1 Å². The lowest BCUT2D eigenvalue weighted by Gasteiger charge is -2.47. The van der Waals surface area contributed by atoms with Crippen molar-refractivity contribution in [1.29, 1.82) is 0 Å². The molecule has 1 N–H and O–H groups in total. The van der Waals surface area contributed by atoms with Gasteiger partial charge in [-0.3, -0.25) is 4.79 Å². The zero-order valence-electron chi connectivity index (χ0n) is 16.1. The van der Waals surface area contributed by atoms with E-state index >= 15 is 0 Å². The van der Waals surface area contributed by atoms with Crippen molar-refractivity contribution in [2.45, 2.75) is 44.8 Å². The molecule has 6 nitrogen and oxygen atoms in total. The van der Waals surface area contributed by atoms with Crippen molar-refractivity contribution in [3.8, 4) is 5.75 Å². The van der Waals surface area contributed by atoms with Gasteiger partial charge in [0.05, 0.1) is 32.3 Å². The topological polar surface area (TPSA) is 74.2 Å². The first-order valence-electron chi connectivity index (χ1n) is 8.93. The highest BCUT2D eigenvalue weighted by Gasteiger charge is 2.60. The van der Waals surface area contributed by atoms with Gasteiger partial charge in [0, 0.05) is 18.6 Å². The third kappa shape index (κ3) is 2.80. The highest BCUT2D eigenvalue weighted by molar-refractivity contribution is 5.76. The van der Waals surface area contributed by atoms with Gasteiger partial charge in [0.25, 0.3) is 0 Å². The number of methoxy groups -OCH3 is 3. The van der Waals surface area contributed by atoms with Crippen LogP contribution in [0.2, 0.25) is 0 Å². The fraction of sp³-hybridized carbons (Fsp3) is 0.650. The molecule has 1 aromatic rings. The molecule has 1 saturated carbocycles. The maximum atomic E-state index is 12.6. The van der Waals surface area contributed by atoms with E-state index in [4.69, 9.17) is 18.9 Å². The lowest BCUT2D eigenvalue weighted by atomic mass is 9.59. The maximum absolute atomic E-state index is 12.6. The van der Waals surface area contributed by atoms with Crippen LogP contribution in [0.25, 0.3) is 0 Å². The Morgan fingerprint density at radius 3 is 2.65 bits per heavy atom. The Hall–Kier alpha value is -1.63. The lowest BCUT2D eigenvalue weighted by molar-refractivity contribution is -0.160. The average molecular weight is 364 g/mol. The van der Waals surface area contributed by atoms with Gasteiger partial charge < -0.3 is 24.1 Å². The minimum absolute atomic E-state index is 0.0473. The summed E-state index contributed by atoms with van der Waals surface area (Å²) in [4.78, 5) is 12.6. The van der Waals surface area contributed by atoms with E-state index in [9.17, 15) is 9.90 Å². The summed E-state index contributed by atoms with van der Waals surface area (Å²) in [7, 11) is 4.54. The van der Waals surface area contributed by atoms with E-state index in [1.54, 1.807) is 14.2 Å². The van der Waals surface area contributed by atoms with Crippen LogP contribution >= 0.6 is 0 Å². The van der Waals surface area contributed by atoms with Gasteiger partial charge in [-0.1, -0.05) is 13.0 Å². The highest BCUT2D eigenvalue weighted by atomic mass is 16.7. The fourth-order valence-corrected chi connectivity index (χ4v) is 5.03. The summed E-state index contributed by atoms with van der Waals surface area (Å²) in [5, 5.41) is 11.2. The van der Waals surface area contributed by atoms with Crippen molar-refractivity contribution in [1.82, 2.24) is 0 Å². The summed E-state index contributed by atoms with van der Waals surface area (Å²) in [5.41, 5.74) is 2.25. The van der Waals surface area contributed by atoms with Crippen molar-refractivity contribution >= 4 is 5.97 Å². The van der Waals surface area contributed by atoms with Gasteiger partial charge in [-0.2, -0.15) is 0 Å². The van der Waals surface area contributed by atoms with E-state index in [2.05, 4.69) is 13.0 Å². The summed E-state index contributed by atoms with van der Waals surface area (Å²) in [6, 6.07) is 3.96. The Morgan fingerprint density at radius 1 is 1.31 bits per heavy atom. The Bertz CT molecular complexity index is 687. The summed E-state index contributed by atoms with van der Waals surface area (Å²) in [5.74, 6) is -0.516. The van der Waals surface area contributed by atoms with E-state index in [0.717, 1.165) is 24.0 Å². The SMILES string of the molecule is COCO[C@H]1CC[C@@]2(C)[C@H](C(=O)OC)[C@H](O)c3c(OC)cc(C)cc3[C@H]12. The molecule has 0 amide bonds. The summed E-state index contributed by atoms with van der Waals surface area (Å²) >= 11 is 0. The average Bonchev–Trinajstić information content (AvgIpc) is 2.95. The number of esters is 1. The van der Waals surface area contributed by atoms with Crippen molar-refractivity contribution < 1.29 is 28.8 Å². The molecule has 2 aliphatic carbocycles. The molecule has 1 aromatic carbocycles. The van der Waals surface area contributed by atoms with Gasteiger partial charge in [-0.15, -0.1) is 0 Å². The third-order valence-corrected chi connectivity index (χ3v) is 6.10. The lowest BCUT2D eigenvalue weighted by Crippen LogP contribution is -2.46. The number of ether oxygens (including phenoxy) is 4. The van der Waals surface area contributed by atoms with Crippen LogP contribution in [-0.2, 0) is 19.0 Å². The maximum Gasteiger partial charge on any atom is 0.312 e. The minimum Gasteiger partial charge on any atom is -0.496 e. The first-order chi connectivity index (χ1) is 12.4. The molecule has 0 unspecified atom stereocenters. The Kier molecular flexibility index (Phi) is 5.28. The van der Waals surface area contributed by atoms with Crippen LogP contribution in [0, 0.1) is 18.3 Å². The van der Waals surface area contributed by atoms with Crippen LogP contribution in [0.1, 0.15) is 48.5 Å². The Balaban J connectivity index is 2.20. The van der Waals surface area contributed by atoms with Crippen molar-refractivity contribution in [3.63, 3.8) is 0 Å². The predicted molar refractivity (Wildman–Crippen MR) is 95.0 cm³/mol. The largest absolute Gasteiger partial charge is 0.496 e. The van der Waals surface area contributed by atoms with Crippen molar-refractivity contribution in [3.05, 3.63) is 28.8 Å². The number of hydrogen-bond donors (Lipinski definition) is 1. The van der Waals surface area contributed by atoms with Crippen molar-refractivity contribution in [2.75, 3.05) is 28.1 Å². The number of carbonyl (C=O) groups excluding carboxylic acids is 1. The molecule has 0 bridgehead atoms. The molecule has 144 valence electrons. The van der Waals surface area contributed by atoms with Gasteiger partial charge in [0.1, 0.15) is 12.5 Å². The number of aliphatic hydroxyl groups excluding tert-OH is 1. The Morgan fingerprint density at radius 2 is 2.04 bits per heavy atom. The summed E-state index contributed by atoms with van der Waals surface area (Å²) in [6.07, 6.45) is 0.485. The second-order valence-electron chi connectivity index (χ2n) is 7.55. The standard InChI is InChI=1S/C20H28O6/c1-11-8-12-15(14(9-11)24-4)18(21)17(19(22)25-5)20(2)7-6-13(16(12)20)26-10-23-3/h8-9,13,16-18,21H,6-7,10H2,1-5H3/t13-,16+,17-,18+,20+/m0/s1. The van der Waals surface area contributed by atoms with Gasteiger partial charge >= 0.3 is 5.97 Å². The van der Waals surface area contributed by atoms with Crippen LogP contribution in [-0.4, -0.2) is 45.3 Å². The number of rotatable bonds is 5. The van der Waals surface area contributed by atoms with E-state index in [1.807, 2.05) is 13.0 Å². The second kappa shape index (κ2) is 7.18. The molecular weight excluding hydrogens is 336 g/mol. The molecule has 0 radical (unpaired) electrons. The predicted octanol–water partition coefficient (Wildman–Crippen LogP) is 2.71. The second-order valence-corrected chi connectivity index (χ2v) is 7.55. The molecule has 3 rings (SSSR count). The number of aryl methyl sites for hydroxylation is 1. The number of carbonyl (C=O) groups is 1. The molecule has 0 spiro atoms. The third-order valence-electron chi connectivity index (χ3n) is 6.10. The van der Waals surface area contributed by atoms with E-state index in [0.29, 0.717) is 11.3 Å². The zero-order chi connectivity index (χ0) is 19.1. The summed E-state index contributed by atoms with van der Waals surface area (Å²) in [6.45, 7) is 4.25. The first kappa shape index (κ1) is 19.1. The number of fused-ring (bicyclic) bond motifs is 3. The van der Waals surface area contributed by atoms with Gasteiger partial charge in [-0.25, -0.2) is 0 Å². The number of aliphatic hydroxyl groups is 1. The van der Waals surface area contributed by atoms with Crippen LogP contribution in [0.4, 0.5) is 0 Å². The minimum atomic E-state index is -0.976. The molecular formula is C20H28O6. The van der Waals surface area contributed by atoms with Crippen LogP contribution in [0.5, 0.6) is 5.75 Å². The smallest absolute Gasteiger partial charge is 0.312 e. The molecule has 0 saturated heterocycles. The van der Waals surface area contributed by atoms with E-state index in [-0.39, 0.29) is 18.8 Å². The Labute approximate surface area is 154 Å². The molecule has 26 heavy (non-hydrogen) atoms. The molecule has 0 heterocycles. The van der Waals surface area contributed by atoms with E-state index in [1.165, 1.54) is 7.11 Å². The molecule has 2 aliphatic rings. The van der Waals surface area contributed by atoms with Gasteiger partial charge in [0.15, 0.2) is 0 Å². The van der Waals surface area contributed by atoms with E-state index < -0.39 is 23.4 Å². The highest BCUT2D eigenvalue weighted by Crippen LogP contribution is 2.63. The van der Waals surface area contributed by atoms with Crippen LogP contribution < -0.4 is 4.74 Å².